The maximum Gasteiger partial charge on any atom is 0.511 e. The van der Waals surface area contributed by atoms with Crippen LogP contribution in [0.3, 0.4) is 0 Å². The van der Waals surface area contributed by atoms with Crippen molar-refractivity contribution in [2.75, 3.05) is 32.8 Å². The van der Waals surface area contributed by atoms with Gasteiger partial charge in [0.1, 0.15) is 5.75 Å². The number of ether oxygens (including phenoxy) is 5. The molecule has 1 aliphatic heterocycles. The Morgan fingerprint density at radius 1 is 0.927 bits per heavy atom. The lowest BCUT2D eigenvalue weighted by Crippen LogP contribution is -2.52. The largest absolute Gasteiger partial charge is 0.511 e. The van der Waals surface area contributed by atoms with E-state index in [2.05, 4.69) is 9.47 Å². The maximum atomic E-state index is 12.7. The number of carbonyl (C=O) groups excluding carboxylic acids is 3. The number of esters is 1. The Morgan fingerprint density at radius 3 is 2.05 bits per heavy atom. The fourth-order valence-electron chi connectivity index (χ4n) is 3.63. The van der Waals surface area contributed by atoms with E-state index in [1.54, 1.807) is 36.9 Å². The minimum Gasteiger partial charge on any atom is -0.476 e. The summed E-state index contributed by atoms with van der Waals surface area (Å²) in [5.74, 6) is -0.532. The molecule has 0 bridgehead atoms. The number of aryl methyl sites for hydroxylation is 1. The third-order valence-corrected chi connectivity index (χ3v) is 5.71. The molecule has 2 rings (SSSR count). The molecule has 1 amide bonds. The van der Waals surface area contributed by atoms with E-state index in [0.29, 0.717) is 11.3 Å². The van der Waals surface area contributed by atoms with Crippen LogP contribution < -0.4 is 4.74 Å². The number of hydrogen-bond donors (Lipinski definition) is 0. The van der Waals surface area contributed by atoms with E-state index >= 15 is 0 Å². The average Bonchev–Trinajstić information content (AvgIpc) is 2.82. The van der Waals surface area contributed by atoms with Crippen molar-refractivity contribution in [3.63, 3.8) is 0 Å². The van der Waals surface area contributed by atoms with Crippen LogP contribution in [-0.4, -0.2) is 91.2 Å². The van der Waals surface area contributed by atoms with Crippen LogP contribution in [0, 0.1) is 6.92 Å². The van der Waals surface area contributed by atoms with E-state index in [1.807, 2.05) is 0 Å². The molecule has 0 N–H and O–H groups in total. The number of hydrogen-bond acceptors (Lipinski definition) is 9. The molecule has 0 aliphatic carbocycles. The van der Waals surface area contributed by atoms with Gasteiger partial charge in [0.15, 0.2) is 5.60 Å². The molecule has 10 nitrogen and oxygen atoms in total. The Hall–Kier alpha value is -3.43. The molecule has 1 unspecified atom stereocenters. The Bertz CT molecular complexity index is 1060. The highest BCUT2D eigenvalue weighted by Gasteiger charge is 2.60. The number of benzene rings is 1. The molecule has 1 aromatic rings. The predicted octanol–water partition coefficient (Wildman–Crippen LogP) is 4.96. The lowest BCUT2D eigenvalue weighted by molar-refractivity contribution is -0.308. The minimum absolute atomic E-state index is 0.0694. The van der Waals surface area contributed by atoms with Gasteiger partial charge in [-0.2, -0.15) is 26.3 Å². The first-order valence-corrected chi connectivity index (χ1v) is 12.5. The van der Waals surface area contributed by atoms with Crippen LogP contribution in [0.1, 0.15) is 38.8 Å². The second-order valence-electron chi connectivity index (χ2n) is 9.61. The summed E-state index contributed by atoms with van der Waals surface area (Å²) in [7, 11) is 0. The Morgan fingerprint density at radius 2 is 1.51 bits per heavy atom. The van der Waals surface area contributed by atoms with Gasteiger partial charge < -0.3 is 28.6 Å². The Labute approximate surface area is 232 Å². The van der Waals surface area contributed by atoms with Crippen LogP contribution in [0.25, 0.3) is 0 Å². The predicted molar refractivity (Wildman–Crippen MR) is 129 cm³/mol. The van der Waals surface area contributed by atoms with Crippen molar-refractivity contribution in [1.82, 2.24) is 9.80 Å². The minimum atomic E-state index is -5.80. The number of piperazine rings is 1. The van der Waals surface area contributed by atoms with E-state index in [4.69, 9.17) is 14.2 Å². The molecular weight excluding hydrogens is 570 g/mol. The van der Waals surface area contributed by atoms with Gasteiger partial charge in [-0.15, -0.1) is 0 Å². The molecule has 41 heavy (non-hydrogen) atoms. The third-order valence-electron chi connectivity index (χ3n) is 5.71. The first-order chi connectivity index (χ1) is 18.8. The normalized spacial score (nSPS) is 15.8. The van der Waals surface area contributed by atoms with Gasteiger partial charge in [0, 0.05) is 45.2 Å². The van der Waals surface area contributed by atoms with E-state index in [1.165, 1.54) is 20.8 Å². The molecule has 0 saturated carbocycles. The molecule has 0 radical (unpaired) electrons. The summed E-state index contributed by atoms with van der Waals surface area (Å²) in [6, 6.07) is 5.19. The quantitative estimate of drug-likeness (QED) is 0.168. The van der Waals surface area contributed by atoms with Gasteiger partial charge in [-0.3, -0.25) is 4.90 Å². The summed E-state index contributed by atoms with van der Waals surface area (Å²) < 4.78 is 101. The van der Waals surface area contributed by atoms with Crippen molar-refractivity contribution < 1.29 is 64.4 Å². The summed E-state index contributed by atoms with van der Waals surface area (Å²) in [5, 5.41) is 0. The molecule has 16 heteroatoms. The molecule has 0 spiro atoms. The van der Waals surface area contributed by atoms with Crippen molar-refractivity contribution >= 4 is 18.2 Å². The summed E-state index contributed by atoms with van der Waals surface area (Å²) in [6.07, 6.45) is -19.8. The lowest BCUT2D eigenvalue weighted by Gasteiger charge is -2.35. The number of amides is 1. The summed E-state index contributed by atoms with van der Waals surface area (Å²) in [4.78, 5) is 38.8. The topological polar surface area (TPSA) is 104 Å². The highest BCUT2D eigenvalue weighted by Crippen LogP contribution is 2.36. The van der Waals surface area contributed by atoms with Crippen LogP contribution in [0.4, 0.5) is 35.9 Å². The van der Waals surface area contributed by atoms with E-state index in [0.717, 1.165) is 10.5 Å². The number of rotatable bonds is 9. The first kappa shape index (κ1) is 33.8. The van der Waals surface area contributed by atoms with Crippen LogP contribution in [0.2, 0.25) is 0 Å². The second kappa shape index (κ2) is 13.5. The van der Waals surface area contributed by atoms with Gasteiger partial charge >= 0.3 is 30.6 Å². The monoisotopic (exact) mass is 602 g/mol. The summed E-state index contributed by atoms with van der Waals surface area (Å²) in [6.45, 7) is 7.72. The summed E-state index contributed by atoms with van der Waals surface area (Å²) >= 11 is 0. The van der Waals surface area contributed by atoms with E-state index in [9.17, 15) is 40.7 Å². The molecule has 1 saturated heterocycles. The molecule has 1 aliphatic rings. The highest BCUT2D eigenvalue weighted by molar-refractivity contribution is 5.79. The zero-order chi connectivity index (χ0) is 31.2. The highest BCUT2D eigenvalue weighted by atomic mass is 19.4. The number of halogens is 6. The third kappa shape index (κ3) is 10.2. The van der Waals surface area contributed by atoms with Crippen LogP contribution in [-0.2, 0) is 30.3 Å². The zero-order valence-electron chi connectivity index (χ0n) is 23.1. The molecule has 1 heterocycles. The van der Waals surface area contributed by atoms with Crippen molar-refractivity contribution in [3.05, 3.63) is 29.3 Å². The van der Waals surface area contributed by atoms with Gasteiger partial charge in [0.05, 0.1) is 6.61 Å². The van der Waals surface area contributed by atoms with E-state index in [-0.39, 0.29) is 39.3 Å². The van der Waals surface area contributed by atoms with Crippen LogP contribution >= 0.6 is 0 Å². The zero-order valence-corrected chi connectivity index (χ0v) is 23.1. The summed E-state index contributed by atoms with van der Waals surface area (Å²) in [5.41, 5.74) is -0.133. The molecule has 1 aromatic carbocycles. The van der Waals surface area contributed by atoms with Crippen LogP contribution in [0.15, 0.2) is 18.2 Å². The molecule has 0 aromatic heterocycles. The Kier molecular flexibility index (Phi) is 11.1. The smallest absolute Gasteiger partial charge is 0.476 e. The second-order valence-corrected chi connectivity index (χ2v) is 9.61. The number of alkyl halides is 6. The van der Waals surface area contributed by atoms with Crippen molar-refractivity contribution in [2.24, 2.45) is 0 Å². The van der Waals surface area contributed by atoms with Gasteiger partial charge in [-0.05, 0) is 39.3 Å². The molecule has 1 atom stereocenters. The standard InChI is InChI=1S/C25H32F6N2O8/c1-6-37-22(36)39-16(3)38-20(34)23(4,5)41-18-13-15(2)7-8-17(18)14-32-9-11-33(12-10-32)21(35)40-19(24(26,27)28)25(29,30)31/h7-8,13,16,19H,6,9-12,14H2,1-5H3. The van der Waals surface area contributed by atoms with Gasteiger partial charge in [0.2, 0.25) is 6.29 Å². The van der Waals surface area contributed by atoms with Gasteiger partial charge in [-0.1, -0.05) is 12.1 Å². The molecular formula is C25H32F6N2O8. The number of nitrogens with zero attached hydrogens (tertiary/aromatic N) is 2. The fourth-order valence-corrected chi connectivity index (χ4v) is 3.63. The lowest BCUT2D eigenvalue weighted by atomic mass is 10.1. The van der Waals surface area contributed by atoms with Crippen LogP contribution in [0.5, 0.6) is 5.75 Å². The first-order valence-electron chi connectivity index (χ1n) is 12.5. The maximum absolute atomic E-state index is 12.7. The SMILES string of the molecule is CCOC(=O)OC(C)OC(=O)C(C)(C)Oc1cc(C)ccc1CN1CCN(C(=O)OC(C(F)(F)F)C(F)(F)F)CC1. The molecule has 1 fully saturated rings. The molecule has 232 valence electrons. The van der Waals surface area contributed by atoms with Gasteiger partial charge in [-0.25, -0.2) is 14.4 Å². The van der Waals surface area contributed by atoms with Gasteiger partial charge in [0.25, 0.3) is 6.10 Å². The van der Waals surface area contributed by atoms with E-state index < -0.39 is 48.6 Å². The van der Waals surface area contributed by atoms with Crippen molar-refractivity contribution in [2.45, 2.75) is 71.5 Å². The Balaban J connectivity index is 2.02. The van der Waals surface area contributed by atoms with Crippen molar-refractivity contribution in [1.29, 1.82) is 0 Å². The van der Waals surface area contributed by atoms with Crippen molar-refractivity contribution in [3.8, 4) is 5.75 Å². The number of carbonyl (C=O) groups is 3. The average molecular weight is 603 g/mol. The fraction of sp³-hybridized carbons (Fsp3) is 0.640.